The predicted molar refractivity (Wildman–Crippen MR) is 60.4 cm³/mol. The van der Waals surface area contributed by atoms with Crippen molar-refractivity contribution in [3.63, 3.8) is 0 Å². The number of anilines is 1. The lowest BCUT2D eigenvalue weighted by Crippen LogP contribution is -2.24. The van der Waals surface area contributed by atoms with Gasteiger partial charge in [-0.25, -0.2) is 4.68 Å². The molecule has 0 unspecified atom stereocenters. The van der Waals surface area contributed by atoms with Gasteiger partial charge < -0.3 is 5.32 Å². The van der Waals surface area contributed by atoms with Crippen molar-refractivity contribution in [2.45, 2.75) is 38.8 Å². The lowest BCUT2D eigenvalue weighted by molar-refractivity contribution is 0.568. The number of rotatable bonds is 4. The Bertz CT molecular complexity index is 412. The molecule has 1 aliphatic rings. The molecule has 0 aliphatic heterocycles. The van der Waals surface area contributed by atoms with Crippen molar-refractivity contribution >= 4 is 17.3 Å². The standard InChI is InChI=1S/C10H14ClN3O/c1-2-5-14-10(15)9(11)8(6-12-14)13-7-3-4-7/h6-7,13H,2-5H2,1H3. The molecule has 1 N–H and O–H groups in total. The first-order valence-corrected chi connectivity index (χ1v) is 5.62. The maximum atomic E-state index is 11.7. The Labute approximate surface area is 93.2 Å². The molecule has 1 aromatic rings. The first kappa shape index (κ1) is 10.5. The lowest BCUT2D eigenvalue weighted by atomic mass is 10.4. The quantitative estimate of drug-likeness (QED) is 0.855. The minimum atomic E-state index is -0.204. The molecule has 0 atom stereocenters. The van der Waals surface area contributed by atoms with Crippen LogP contribution in [0.2, 0.25) is 5.02 Å². The van der Waals surface area contributed by atoms with E-state index in [1.54, 1.807) is 6.20 Å². The van der Waals surface area contributed by atoms with Gasteiger partial charge >= 0.3 is 0 Å². The van der Waals surface area contributed by atoms with Gasteiger partial charge in [0.25, 0.3) is 5.56 Å². The normalized spacial score (nSPS) is 15.3. The van der Waals surface area contributed by atoms with Crippen LogP contribution in [0.4, 0.5) is 5.69 Å². The van der Waals surface area contributed by atoms with Crippen LogP contribution in [0.3, 0.4) is 0 Å². The van der Waals surface area contributed by atoms with Gasteiger partial charge in [0, 0.05) is 12.6 Å². The van der Waals surface area contributed by atoms with Gasteiger partial charge in [0.1, 0.15) is 5.02 Å². The Morgan fingerprint density at radius 1 is 1.67 bits per heavy atom. The molecule has 82 valence electrons. The maximum Gasteiger partial charge on any atom is 0.287 e. The molecule has 2 rings (SSSR count). The third-order valence-electron chi connectivity index (χ3n) is 2.36. The van der Waals surface area contributed by atoms with Crippen molar-refractivity contribution in [2.75, 3.05) is 5.32 Å². The van der Waals surface area contributed by atoms with Gasteiger partial charge in [-0.15, -0.1) is 0 Å². The summed E-state index contributed by atoms with van der Waals surface area (Å²) in [5, 5.41) is 7.51. The van der Waals surface area contributed by atoms with Crippen molar-refractivity contribution in [3.8, 4) is 0 Å². The Morgan fingerprint density at radius 2 is 2.40 bits per heavy atom. The molecule has 0 aromatic carbocycles. The largest absolute Gasteiger partial charge is 0.380 e. The first-order valence-electron chi connectivity index (χ1n) is 5.24. The highest BCUT2D eigenvalue weighted by atomic mass is 35.5. The molecule has 15 heavy (non-hydrogen) atoms. The molecule has 0 spiro atoms. The van der Waals surface area contributed by atoms with Crippen molar-refractivity contribution in [3.05, 3.63) is 21.6 Å². The van der Waals surface area contributed by atoms with Gasteiger partial charge in [-0.2, -0.15) is 5.10 Å². The average Bonchev–Trinajstić information content (AvgIpc) is 3.02. The summed E-state index contributed by atoms with van der Waals surface area (Å²) in [6, 6.07) is 0.478. The van der Waals surface area contributed by atoms with Gasteiger partial charge in [0.2, 0.25) is 0 Å². The third-order valence-corrected chi connectivity index (χ3v) is 2.72. The SMILES string of the molecule is CCCn1ncc(NC2CC2)c(Cl)c1=O. The molecule has 1 saturated carbocycles. The van der Waals surface area contributed by atoms with Gasteiger partial charge in [-0.3, -0.25) is 4.79 Å². The zero-order valence-corrected chi connectivity index (χ0v) is 9.42. The fraction of sp³-hybridized carbons (Fsp3) is 0.600. The molecule has 0 bridgehead atoms. The molecule has 1 aromatic heterocycles. The summed E-state index contributed by atoms with van der Waals surface area (Å²) in [6.07, 6.45) is 4.80. The Hall–Kier alpha value is -1.03. The van der Waals surface area contributed by atoms with Crippen LogP contribution in [0.5, 0.6) is 0 Å². The summed E-state index contributed by atoms with van der Waals surface area (Å²) in [7, 11) is 0. The van der Waals surface area contributed by atoms with Crippen LogP contribution in [0, 0.1) is 0 Å². The van der Waals surface area contributed by atoms with E-state index in [0.29, 0.717) is 18.3 Å². The number of halogens is 1. The van der Waals surface area contributed by atoms with E-state index in [1.165, 1.54) is 4.68 Å². The minimum absolute atomic E-state index is 0.204. The molecular formula is C10H14ClN3O. The Balaban J connectivity index is 2.26. The minimum Gasteiger partial charge on any atom is -0.380 e. The maximum absolute atomic E-state index is 11.7. The molecule has 1 heterocycles. The summed E-state index contributed by atoms with van der Waals surface area (Å²) < 4.78 is 1.40. The van der Waals surface area contributed by atoms with Crippen molar-refractivity contribution in [2.24, 2.45) is 0 Å². The topological polar surface area (TPSA) is 46.9 Å². The number of aromatic nitrogens is 2. The van der Waals surface area contributed by atoms with E-state index in [-0.39, 0.29) is 10.6 Å². The lowest BCUT2D eigenvalue weighted by Gasteiger charge is -2.08. The molecule has 0 saturated heterocycles. The molecule has 4 nitrogen and oxygen atoms in total. The molecule has 0 radical (unpaired) electrons. The van der Waals surface area contributed by atoms with Crippen LogP contribution in [-0.4, -0.2) is 15.8 Å². The van der Waals surface area contributed by atoms with E-state index < -0.39 is 0 Å². The van der Waals surface area contributed by atoms with Gasteiger partial charge in [-0.05, 0) is 19.3 Å². The summed E-state index contributed by atoms with van der Waals surface area (Å²) in [5.74, 6) is 0. The molecule has 1 fully saturated rings. The highest BCUT2D eigenvalue weighted by Gasteiger charge is 2.22. The number of aryl methyl sites for hydroxylation is 1. The van der Waals surface area contributed by atoms with Crippen LogP contribution >= 0.6 is 11.6 Å². The smallest absolute Gasteiger partial charge is 0.287 e. The number of nitrogens with one attached hydrogen (secondary N) is 1. The number of nitrogens with zero attached hydrogens (tertiary/aromatic N) is 2. The van der Waals surface area contributed by atoms with E-state index in [1.807, 2.05) is 6.92 Å². The summed E-state index contributed by atoms with van der Waals surface area (Å²) >= 11 is 5.97. The van der Waals surface area contributed by atoms with E-state index in [9.17, 15) is 4.79 Å². The zero-order valence-electron chi connectivity index (χ0n) is 8.66. The average molecular weight is 228 g/mol. The Kier molecular flexibility index (Phi) is 2.95. The zero-order chi connectivity index (χ0) is 10.8. The van der Waals surface area contributed by atoms with Crippen molar-refractivity contribution in [1.29, 1.82) is 0 Å². The summed E-state index contributed by atoms with van der Waals surface area (Å²) in [4.78, 5) is 11.7. The number of hydrogen-bond donors (Lipinski definition) is 1. The van der Waals surface area contributed by atoms with E-state index in [0.717, 1.165) is 19.3 Å². The summed E-state index contributed by atoms with van der Waals surface area (Å²) in [5.41, 5.74) is 0.459. The fourth-order valence-corrected chi connectivity index (χ4v) is 1.59. The second-order valence-corrected chi connectivity index (χ2v) is 4.20. The summed E-state index contributed by atoms with van der Waals surface area (Å²) in [6.45, 7) is 2.61. The van der Waals surface area contributed by atoms with Crippen LogP contribution in [-0.2, 0) is 6.54 Å². The second-order valence-electron chi connectivity index (χ2n) is 3.82. The van der Waals surface area contributed by atoms with E-state index in [4.69, 9.17) is 11.6 Å². The van der Waals surface area contributed by atoms with Crippen molar-refractivity contribution < 1.29 is 0 Å². The third kappa shape index (κ3) is 2.31. The van der Waals surface area contributed by atoms with Gasteiger partial charge in [-0.1, -0.05) is 18.5 Å². The first-order chi connectivity index (χ1) is 7.22. The molecular weight excluding hydrogens is 214 g/mol. The Morgan fingerprint density at radius 3 is 3.00 bits per heavy atom. The van der Waals surface area contributed by atoms with Crippen LogP contribution in [0.25, 0.3) is 0 Å². The van der Waals surface area contributed by atoms with Crippen LogP contribution < -0.4 is 10.9 Å². The molecule has 1 aliphatic carbocycles. The second kappa shape index (κ2) is 4.23. The van der Waals surface area contributed by atoms with E-state index in [2.05, 4.69) is 10.4 Å². The van der Waals surface area contributed by atoms with Gasteiger partial charge in [0.15, 0.2) is 0 Å². The fourth-order valence-electron chi connectivity index (χ4n) is 1.38. The van der Waals surface area contributed by atoms with Crippen molar-refractivity contribution in [1.82, 2.24) is 9.78 Å². The number of hydrogen-bond acceptors (Lipinski definition) is 3. The molecule has 0 amide bonds. The monoisotopic (exact) mass is 227 g/mol. The highest BCUT2D eigenvalue weighted by Crippen LogP contribution is 2.26. The van der Waals surface area contributed by atoms with Crippen LogP contribution in [0.15, 0.2) is 11.0 Å². The van der Waals surface area contributed by atoms with Crippen LogP contribution in [0.1, 0.15) is 26.2 Å². The molecule has 5 heteroatoms. The van der Waals surface area contributed by atoms with Gasteiger partial charge in [0.05, 0.1) is 11.9 Å². The van der Waals surface area contributed by atoms with E-state index >= 15 is 0 Å². The highest BCUT2D eigenvalue weighted by molar-refractivity contribution is 6.32. The predicted octanol–water partition coefficient (Wildman–Crippen LogP) is 1.88.